The molecule has 1 saturated heterocycles. The van der Waals surface area contributed by atoms with Crippen molar-refractivity contribution in [1.29, 1.82) is 0 Å². The number of nitrogens with zero attached hydrogens (tertiary/aromatic N) is 1. The summed E-state index contributed by atoms with van der Waals surface area (Å²) in [5, 5.41) is 3.36. The van der Waals surface area contributed by atoms with E-state index in [0.29, 0.717) is 6.42 Å². The fraction of sp³-hybridized carbons (Fsp3) is 0.643. The number of nitrogens with one attached hydrogen (secondary N) is 1. The second-order valence-electron chi connectivity index (χ2n) is 5.19. The summed E-state index contributed by atoms with van der Waals surface area (Å²) in [6.07, 6.45) is 4.16. The Morgan fingerprint density at radius 1 is 1.47 bits per heavy atom. The lowest BCUT2D eigenvalue weighted by molar-refractivity contribution is -0.130. The van der Waals surface area contributed by atoms with Crippen molar-refractivity contribution in [1.82, 2.24) is 10.2 Å². The molecule has 0 aliphatic carbocycles. The fourth-order valence-electron chi connectivity index (χ4n) is 2.45. The van der Waals surface area contributed by atoms with Gasteiger partial charge in [-0.3, -0.25) is 4.79 Å². The van der Waals surface area contributed by atoms with Crippen molar-refractivity contribution in [2.24, 2.45) is 5.92 Å². The molecule has 0 atom stereocenters. The molecule has 0 radical (unpaired) electrons. The molecule has 1 aromatic rings. The summed E-state index contributed by atoms with van der Waals surface area (Å²) in [6.45, 7) is 2.94. The van der Waals surface area contributed by atoms with Crippen LogP contribution in [0.4, 0.5) is 0 Å². The van der Waals surface area contributed by atoms with Gasteiger partial charge < -0.3 is 10.2 Å². The van der Waals surface area contributed by atoms with Gasteiger partial charge in [0, 0.05) is 18.3 Å². The summed E-state index contributed by atoms with van der Waals surface area (Å²) in [5.74, 6) is 0.998. The lowest BCUT2D eigenvalue weighted by Gasteiger charge is -2.23. The second kappa shape index (κ2) is 7.41. The molecule has 1 aliphatic heterocycles. The molecular formula is C14H21BrN2OS. The molecule has 0 bridgehead atoms. The van der Waals surface area contributed by atoms with Crippen molar-refractivity contribution in [3.05, 3.63) is 20.8 Å². The zero-order valence-electron chi connectivity index (χ0n) is 11.3. The van der Waals surface area contributed by atoms with Gasteiger partial charge in [-0.25, -0.2) is 0 Å². The van der Waals surface area contributed by atoms with Gasteiger partial charge in [0.25, 0.3) is 0 Å². The SMILES string of the molecule is CN(Cc1ccc(Br)s1)C(=O)CCC1CCNCC1. The van der Waals surface area contributed by atoms with Gasteiger partial charge in [0.15, 0.2) is 0 Å². The maximum absolute atomic E-state index is 12.1. The summed E-state index contributed by atoms with van der Waals surface area (Å²) >= 11 is 5.15. The quantitative estimate of drug-likeness (QED) is 0.889. The van der Waals surface area contributed by atoms with Gasteiger partial charge in [0.05, 0.1) is 10.3 Å². The van der Waals surface area contributed by atoms with E-state index in [9.17, 15) is 4.79 Å². The Bertz CT molecular complexity index is 415. The van der Waals surface area contributed by atoms with Crippen LogP contribution in [0.1, 0.15) is 30.6 Å². The minimum absolute atomic E-state index is 0.267. The van der Waals surface area contributed by atoms with Crippen LogP contribution in [0.15, 0.2) is 15.9 Å². The average Bonchev–Trinajstić information content (AvgIpc) is 2.82. The van der Waals surface area contributed by atoms with E-state index in [1.165, 1.54) is 17.7 Å². The normalized spacial score (nSPS) is 16.5. The Hall–Kier alpha value is -0.390. The third-order valence-electron chi connectivity index (χ3n) is 3.67. The Morgan fingerprint density at radius 2 is 2.21 bits per heavy atom. The molecule has 19 heavy (non-hydrogen) atoms. The van der Waals surface area contributed by atoms with Crippen LogP contribution in [-0.4, -0.2) is 30.9 Å². The Kier molecular flexibility index (Phi) is 5.85. The van der Waals surface area contributed by atoms with Gasteiger partial charge in [0.2, 0.25) is 5.91 Å². The second-order valence-corrected chi connectivity index (χ2v) is 7.74. The maximum atomic E-state index is 12.1. The number of carbonyl (C=O) groups excluding carboxylic acids is 1. The minimum atomic E-state index is 0.267. The van der Waals surface area contributed by atoms with Crippen molar-refractivity contribution >= 4 is 33.2 Å². The van der Waals surface area contributed by atoms with Crippen LogP contribution >= 0.6 is 27.3 Å². The summed E-state index contributed by atoms with van der Waals surface area (Å²) in [7, 11) is 1.90. The third-order valence-corrected chi connectivity index (χ3v) is 5.28. The van der Waals surface area contributed by atoms with E-state index in [4.69, 9.17) is 0 Å². The summed E-state index contributed by atoms with van der Waals surface area (Å²) in [5.41, 5.74) is 0. The zero-order valence-corrected chi connectivity index (χ0v) is 13.7. The van der Waals surface area contributed by atoms with Gasteiger partial charge in [-0.2, -0.15) is 0 Å². The molecular weight excluding hydrogens is 324 g/mol. The van der Waals surface area contributed by atoms with Crippen molar-refractivity contribution in [3.8, 4) is 0 Å². The molecule has 0 unspecified atom stereocenters. The molecule has 1 fully saturated rings. The number of hydrogen-bond donors (Lipinski definition) is 1. The number of hydrogen-bond acceptors (Lipinski definition) is 3. The average molecular weight is 345 g/mol. The molecule has 1 amide bonds. The molecule has 1 aliphatic rings. The van der Waals surface area contributed by atoms with Crippen LogP contribution in [0.5, 0.6) is 0 Å². The van der Waals surface area contributed by atoms with E-state index in [-0.39, 0.29) is 5.91 Å². The minimum Gasteiger partial charge on any atom is -0.341 e. The van der Waals surface area contributed by atoms with Crippen molar-refractivity contribution in [2.45, 2.75) is 32.2 Å². The predicted octanol–water partition coefficient (Wildman–Crippen LogP) is 3.25. The lowest BCUT2D eigenvalue weighted by Crippen LogP contribution is -2.30. The van der Waals surface area contributed by atoms with Gasteiger partial charge in [-0.15, -0.1) is 11.3 Å². The van der Waals surface area contributed by atoms with Gasteiger partial charge in [0.1, 0.15) is 0 Å². The number of rotatable bonds is 5. The smallest absolute Gasteiger partial charge is 0.222 e. The van der Waals surface area contributed by atoms with Crippen LogP contribution in [0.3, 0.4) is 0 Å². The highest BCUT2D eigenvalue weighted by Gasteiger charge is 2.16. The van der Waals surface area contributed by atoms with Crippen LogP contribution in [0.25, 0.3) is 0 Å². The summed E-state index contributed by atoms with van der Waals surface area (Å²) in [6, 6.07) is 4.11. The van der Waals surface area contributed by atoms with Crippen LogP contribution < -0.4 is 5.32 Å². The Balaban J connectivity index is 1.72. The molecule has 5 heteroatoms. The Morgan fingerprint density at radius 3 is 2.84 bits per heavy atom. The van der Waals surface area contributed by atoms with E-state index < -0.39 is 0 Å². The van der Waals surface area contributed by atoms with Crippen LogP contribution in [0.2, 0.25) is 0 Å². The van der Waals surface area contributed by atoms with Crippen molar-refractivity contribution < 1.29 is 4.79 Å². The Labute approximate surface area is 127 Å². The van der Waals surface area contributed by atoms with Crippen LogP contribution in [0, 0.1) is 5.92 Å². The van der Waals surface area contributed by atoms with Gasteiger partial charge in [-0.05, 0) is 66.3 Å². The van der Waals surface area contributed by atoms with E-state index in [2.05, 4.69) is 27.3 Å². The fourth-order valence-corrected chi connectivity index (χ4v) is 3.98. The molecule has 0 aromatic carbocycles. The molecule has 2 rings (SSSR count). The third kappa shape index (κ3) is 4.89. The highest BCUT2D eigenvalue weighted by Crippen LogP contribution is 2.23. The number of piperidine rings is 1. The number of carbonyl (C=O) groups is 1. The standard InChI is InChI=1S/C14H21BrN2OS/c1-17(10-12-3-4-13(15)19-12)14(18)5-2-11-6-8-16-9-7-11/h3-4,11,16H,2,5-10H2,1H3. The lowest BCUT2D eigenvalue weighted by atomic mass is 9.93. The van der Waals surface area contributed by atoms with Crippen LogP contribution in [-0.2, 0) is 11.3 Å². The van der Waals surface area contributed by atoms with Crippen molar-refractivity contribution in [3.63, 3.8) is 0 Å². The monoisotopic (exact) mass is 344 g/mol. The number of amides is 1. The molecule has 0 spiro atoms. The molecule has 0 saturated carbocycles. The highest BCUT2D eigenvalue weighted by molar-refractivity contribution is 9.11. The first kappa shape index (κ1) is 15.0. The molecule has 1 N–H and O–H groups in total. The summed E-state index contributed by atoms with van der Waals surface area (Å²) < 4.78 is 1.12. The first-order valence-electron chi connectivity index (χ1n) is 6.84. The largest absolute Gasteiger partial charge is 0.341 e. The maximum Gasteiger partial charge on any atom is 0.222 e. The topological polar surface area (TPSA) is 32.3 Å². The molecule has 2 heterocycles. The zero-order chi connectivity index (χ0) is 13.7. The number of thiophene rings is 1. The predicted molar refractivity (Wildman–Crippen MR) is 83.3 cm³/mol. The molecule has 1 aromatic heterocycles. The van der Waals surface area contributed by atoms with Gasteiger partial charge >= 0.3 is 0 Å². The van der Waals surface area contributed by atoms with E-state index in [0.717, 1.165) is 35.8 Å². The van der Waals surface area contributed by atoms with E-state index in [1.54, 1.807) is 11.3 Å². The molecule has 106 valence electrons. The van der Waals surface area contributed by atoms with E-state index in [1.807, 2.05) is 18.0 Å². The summed E-state index contributed by atoms with van der Waals surface area (Å²) in [4.78, 5) is 15.2. The van der Waals surface area contributed by atoms with E-state index >= 15 is 0 Å². The number of halogens is 1. The first-order chi connectivity index (χ1) is 9.15. The highest BCUT2D eigenvalue weighted by atomic mass is 79.9. The van der Waals surface area contributed by atoms with Crippen molar-refractivity contribution in [2.75, 3.05) is 20.1 Å². The van der Waals surface area contributed by atoms with Gasteiger partial charge in [-0.1, -0.05) is 0 Å². The molecule has 3 nitrogen and oxygen atoms in total. The first-order valence-corrected chi connectivity index (χ1v) is 8.45.